The number of nitrogens with one attached hydrogen (secondary N) is 1. The third-order valence-corrected chi connectivity index (χ3v) is 7.24. The lowest BCUT2D eigenvalue weighted by molar-refractivity contribution is 0.0957. The van der Waals surface area contributed by atoms with Crippen LogP contribution in [0.5, 0.6) is 0 Å². The maximum Gasteiger partial charge on any atom is 0.271 e. The van der Waals surface area contributed by atoms with Crippen molar-refractivity contribution >= 4 is 38.7 Å². The van der Waals surface area contributed by atoms with Gasteiger partial charge in [-0.1, -0.05) is 35.9 Å². The molecule has 0 aliphatic rings. The van der Waals surface area contributed by atoms with Gasteiger partial charge in [0.1, 0.15) is 0 Å². The van der Waals surface area contributed by atoms with Crippen molar-refractivity contribution in [3.63, 3.8) is 0 Å². The van der Waals surface area contributed by atoms with Crippen LogP contribution in [0, 0.1) is 0 Å². The van der Waals surface area contributed by atoms with Crippen LogP contribution < -0.4 is 5.32 Å². The molecule has 4 aromatic rings. The number of benzene rings is 2. The van der Waals surface area contributed by atoms with Gasteiger partial charge in [-0.3, -0.25) is 4.79 Å². The molecule has 2 heterocycles. The standard InChI is InChI=1S/C22H18ClN3O3S2/c1-24-22(27)17-13-19(26(25-17)18-9-4-3-8-16(18)23)21-11-10-20(30-21)14-6-5-7-15(12-14)31(2,28)29/h3-13H,1-2H3,(H,24,27). The summed E-state index contributed by atoms with van der Waals surface area (Å²) in [5, 5.41) is 7.56. The second kappa shape index (κ2) is 8.30. The number of carbonyl (C=O) groups is 1. The van der Waals surface area contributed by atoms with E-state index < -0.39 is 9.84 Å². The molecule has 4 rings (SSSR count). The van der Waals surface area contributed by atoms with Gasteiger partial charge in [-0.2, -0.15) is 5.10 Å². The number of hydrogen-bond donors (Lipinski definition) is 1. The van der Waals surface area contributed by atoms with Gasteiger partial charge in [0.2, 0.25) is 0 Å². The molecule has 0 spiro atoms. The van der Waals surface area contributed by atoms with Gasteiger partial charge in [0, 0.05) is 18.2 Å². The highest BCUT2D eigenvalue weighted by atomic mass is 35.5. The Kier molecular flexibility index (Phi) is 5.70. The average molecular weight is 472 g/mol. The minimum atomic E-state index is -3.30. The van der Waals surface area contributed by atoms with E-state index in [2.05, 4.69) is 10.4 Å². The molecule has 2 aromatic heterocycles. The molecule has 0 aliphatic carbocycles. The van der Waals surface area contributed by atoms with Gasteiger partial charge in [0.25, 0.3) is 5.91 Å². The van der Waals surface area contributed by atoms with Crippen LogP contribution in [0.25, 0.3) is 26.7 Å². The van der Waals surface area contributed by atoms with Crippen LogP contribution in [-0.4, -0.2) is 37.4 Å². The van der Waals surface area contributed by atoms with Crippen molar-refractivity contribution in [2.75, 3.05) is 13.3 Å². The summed E-state index contributed by atoms with van der Waals surface area (Å²) >= 11 is 7.86. The Labute approximate surface area is 189 Å². The highest BCUT2D eigenvalue weighted by molar-refractivity contribution is 7.90. The number of nitrogens with zero attached hydrogens (tertiary/aromatic N) is 2. The molecule has 9 heteroatoms. The number of sulfone groups is 1. The maximum absolute atomic E-state index is 12.2. The first-order valence-corrected chi connectivity index (χ1v) is 12.3. The number of carbonyl (C=O) groups excluding carboxylic acids is 1. The molecule has 0 radical (unpaired) electrons. The van der Waals surface area contributed by atoms with Crippen molar-refractivity contribution in [1.82, 2.24) is 15.1 Å². The molecule has 0 aliphatic heterocycles. The van der Waals surface area contributed by atoms with Crippen molar-refractivity contribution in [1.29, 1.82) is 0 Å². The van der Waals surface area contributed by atoms with E-state index in [0.717, 1.165) is 15.3 Å². The van der Waals surface area contributed by atoms with Gasteiger partial charge in [-0.15, -0.1) is 11.3 Å². The summed E-state index contributed by atoms with van der Waals surface area (Å²) in [7, 11) is -1.75. The van der Waals surface area contributed by atoms with Crippen LogP contribution in [0.2, 0.25) is 5.02 Å². The SMILES string of the molecule is CNC(=O)c1cc(-c2ccc(-c3cccc(S(C)(=O)=O)c3)s2)n(-c2ccccc2Cl)n1. The van der Waals surface area contributed by atoms with Crippen LogP contribution >= 0.6 is 22.9 Å². The minimum Gasteiger partial charge on any atom is -0.354 e. The molecular weight excluding hydrogens is 454 g/mol. The number of rotatable bonds is 5. The van der Waals surface area contributed by atoms with Gasteiger partial charge in [0.05, 0.1) is 26.2 Å². The molecule has 0 saturated carbocycles. The molecule has 31 heavy (non-hydrogen) atoms. The number of para-hydroxylation sites is 1. The zero-order valence-corrected chi connectivity index (χ0v) is 19.1. The van der Waals surface area contributed by atoms with Gasteiger partial charge in [0.15, 0.2) is 15.5 Å². The molecule has 2 aromatic carbocycles. The Morgan fingerprint density at radius 3 is 2.48 bits per heavy atom. The zero-order chi connectivity index (χ0) is 22.2. The van der Waals surface area contributed by atoms with E-state index >= 15 is 0 Å². The predicted octanol–water partition coefficient (Wildman–Crippen LogP) is 4.68. The molecule has 1 N–H and O–H groups in total. The molecule has 0 atom stereocenters. The Morgan fingerprint density at radius 2 is 1.77 bits per heavy atom. The molecule has 0 bridgehead atoms. The quantitative estimate of drug-likeness (QED) is 0.458. The van der Waals surface area contributed by atoms with Gasteiger partial charge < -0.3 is 5.32 Å². The summed E-state index contributed by atoms with van der Waals surface area (Å²) in [6, 6.07) is 19.7. The normalized spacial score (nSPS) is 11.5. The van der Waals surface area contributed by atoms with Crippen molar-refractivity contribution in [3.05, 3.63) is 77.4 Å². The number of aromatic nitrogens is 2. The Bertz CT molecular complexity index is 1390. The molecule has 6 nitrogen and oxygen atoms in total. The topological polar surface area (TPSA) is 81.1 Å². The van der Waals surface area contributed by atoms with E-state index in [0.29, 0.717) is 16.4 Å². The van der Waals surface area contributed by atoms with Gasteiger partial charge >= 0.3 is 0 Å². The summed E-state index contributed by atoms with van der Waals surface area (Å²) in [5.41, 5.74) is 2.44. The van der Waals surface area contributed by atoms with Crippen molar-refractivity contribution < 1.29 is 13.2 Å². The van der Waals surface area contributed by atoms with Crippen molar-refractivity contribution in [2.24, 2.45) is 0 Å². The third kappa shape index (κ3) is 4.27. The second-order valence-corrected chi connectivity index (χ2v) is 10.3. The van der Waals surface area contributed by atoms with Crippen LogP contribution in [0.15, 0.2) is 71.6 Å². The molecule has 158 valence electrons. The summed E-state index contributed by atoms with van der Waals surface area (Å²) in [6.07, 6.45) is 1.19. The number of halogens is 1. The van der Waals surface area contributed by atoms with E-state index in [9.17, 15) is 13.2 Å². The lowest BCUT2D eigenvalue weighted by Crippen LogP contribution is -2.18. The van der Waals surface area contributed by atoms with Crippen LogP contribution in [0.4, 0.5) is 0 Å². The lowest BCUT2D eigenvalue weighted by Gasteiger charge is -2.08. The van der Waals surface area contributed by atoms with Crippen LogP contribution in [0.1, 0.15) is 10.5 Å². The van der Waals surface area contributed by atoms with Crippen molar-refractivity contribution in [2.45, 2.75) is 4.90 Å². The third-order valence-electron chi connectivity index (χ3n) is 4.65. The van der Waals surface area contributed by atoms with Crippen molar-refractivity contribution in [3.8, 4) is 26.7 Å². The predicted molar refractivity (Wildman–Crippen MR) is 124 cm³/mol. The second-order valence-electron chi connectivity index (χ2n) is 6.82. The summed E-state index contributed by atoms with van der Waals surface area (Å²) in [5.74, 6) is -0.301. The summed E-state index contributed by atoms with van der Waals surface area (Å²) < 4.78 is 25.5. The first-order chi connectivity index (χ1) is 14.8. The molecular formula is C22H18ClN3O3S2. The minimum absolute atomic E-state index is 0.267. The average Bonchev–Trinajstić information content (AvgIpc) is 3.40. The maximum atomic E-state index is 12.2. The van der Waals surface area contributed by atoms with Crippen LogP contribution in [0.3, 0.4) is 0 Å². The highest BCUT2D eigenvalue weighted by Gasteiger charge is 2.19. The molecule has 0 fully saturated rings. The monoisotopic (exact) mass is 471 g/mol. The number of thiophene rings is 1. The van der Waals surface area contributed by atoms with E-state index in [4.69, 9.17) is 11.6 Å². The van der Waals surface area contributed by atoms with E-state index in [-0.39, 0.29) is 16.5 Å². The zero-order valence-electron chi connectivity index (χ0n) is 16.7. The smallest absolute Gasteiger partial charge is 0.271 e. The largest absolute Gasteiger partial charge is 0.354 e. The molecule has 0 unspecified atom stereocenters. The van der Waals surface area contributed by atoms with E-state index in [1.54, 1.807) is 42.1 Å². The molecule has 0 saturated heterocycles. The first-order valence-electron chi connectivity index (χ1n) is 9.25. The van der Waals surface area contributed by atoms with E-state index in [1.807, 2.05) is 36.4 Å². The van der Waals surface area contributed by atoms with Gasteiger partial charge in [-0.25, -0.2) is 13.1 Å². The fourth-order valence-electron chi connectivity index (χ4n) is 3.11. The molecule has 1 amide bonds. The summed E-state index contributed by atoms with van der Waals surface area (Å²) in [6.45, 7) is 0. The van der Waals surface area contributed by atoms with E-state index in [1.165, 1.54) is 17.6 Å². The lowest BCUT2D eigenvalue weighted by atomic mass is 10.2. The fourth-order valence-corrected chi connectivity index (χ4v) is 5.00. The summed E-state index contributed by atoms with van der Waals surface area (Å²) in [4.78, 5) is 14.2. The first kappa shape index (κ1) is 21.3. The highest BCUT2D eigenvalue weighted by Crippen LogP contribution is 2.37. The number of amides is 1. The van der Waals surface area contributed by atoms with Crippen LogP contribution in [-0.2, 0) is 9.84 Å². The number of hydrogen-bond acceptors (Lipinski definition) is 5. The Balaban J connectivity index is 1.83. The Morgan fingerprint density at radius 1 is 1.03 bits per heavy atom. The van der Waals surface area contributed by atoms with Gasteiger partial charge in [-0.05, 0) is 48.0 Å². The fraction of sp³-hybridized carbons (Fsp3) is 0.0909. The Hall–Kier alpha value is -2.94.